The summed E-state index contributed by atoms with van der Waals surface area (Å²) in [5.74, 6) is 0.450. The summed E-state index contributed by atoms with van der Waals surface area (Å²) >= 11 is 0. The van der Waals surface area contributed by atoms with Gasteiger partial charge in [-0.1, -0.05) is 30.3 Å². The maximum absolute atomic E-state index is 12.3. The molecule has 136 valence electrons. The first-order chi connectivity index (χ1) is 13.2. The highest BCUT2D eigenvalue weighted by Crippen LogP contribution is 2.21. The van der Waals surface area contributed by atoms with Crippen molar-refractivity contribution in [1.29, 1.82) is 0 Å². The van der Waals surface area contributed by atoms with Crippen LogP contribution in [-0.4, -0.2) is 45.1 Å². The van der Waals surface area contributed by atoms with Crippen molar-refractivity contribution in [1.82, 2.24) is 20.3 Å². The molecule has 0 saturated carbocycles. The molecule has 0 radical (unpaired) electrons. The second kappa shape index (κ2) is 7.41. The standard InChI is InChI=1S/C20H19N5O2/c26-16-6-7-18(22-12-16)19(27)23-15-9-11-25(13-15)20-21-10-8-17(24-20)14-4-2-1-3-5-14/h1-8,10,12,15,26H,9,11,13H2,(H,23,27). The molecule has 1 aromatic carbocycles. The van der Waals surface area contributed by atoms with Crippen LogP contribution in [-0.2, 0) is 0 Å². The van der Waals surface area contributed by atoms with Gasteiger partial charge in [-0.2, -0.15) is 0 Å². The molecule has 2 N–H and O–H groups in total. The van der Waals surface area contributed by atoms with Gasteiger partial charge < -0.3 is 15.3 Å². The number of aromatic hydroxyl groups is 1. The number of amides is 1. The van der Waals surface area contributed by atoms with Gasteiger partial charge in [0.15, 0.2) is 0 Å². The van der Waals surface area contributed by atoms with Crippen molar-refractivity contribution in [2.45, 2.75) is 12.5 Å². The summed E-state index contributed by atoms with van der Waals surface area (Å²) in [7, 11) is 0. The van der Waals surface area contributed by atoms with E-state index in [1.54, 1.807) is 6.20 Å². The third kappa shape index (κ3) is 3.87. The first-order valence-electron chi connectivity index (χ1n) is 8.78. The van der Waals surface area contributed by atoms with Crippen LogP contribution in [0, 0.1) is 0 Å². The number of nitrogens with zero attached hydrogens (tertiary/aromatic N) is 4. The highest BCUT2D eigenvalue weighted by molar-refractivity contribution is 5.92. The largest absolute Gasteiger partial charge is 0.506 e. The van der Waals surface area contributed by atoms with Gasteiger partial charge in [-0.3, -0.25) is 4.79 Å². The molecule has 0 aliphatic carbocycles. The summed E-state index contributed by atoms with van der Waals surface area (Å²) in [6.07, 6.45) is 3.83. The molecular formula is C20H19N5O2. The lowest BCUT2D eigenvalue weighted by molar-refractivity contribution is 0.0935. The van der Waals surface area contributed by atoms with Gasteiger partial charge in [0.2, 0.25) is 5.95 Å². The number of aromatic nitrogens is 3. The van der Waals surface area contributed by atoms with Crippen LogP contribution in [0.4, 0.5) is 5.95 Å². The SMILES string of the molecule is O=C(NC1CCN(c2nccc(-c3ccccc3)n2)C1)c1ccc(O)cn1. The Morgan fingerprint density at radius 2 is 1.96 bits per heavy atom. The molecule has 7 heteroatoms. The number of hydrogen-bond acceptors (Lipinski definition) is 6. The Bertz CT molecular complexity index is 931. The van der Waals surface area contributed by atoms with Crippen LogP contribution in [0.5, 0.6) is 5.75 Å². The van der Waals surface area contributed by atoms with E-state index < -0.39 is 0 Å². The maximum atomic E-state index is 12.3. The van der Waals surface area contributed by atoms with Crippen molar-refractivity contribution in [3.8, 4) is 17.0 Å². The molecule has 2 aromatic heterocycles. The second-order valence-corrected chi connectivity index (χ2v) is 6.41. The van der Waals surface area contributed by atoms with Crippen molar-refractivity contribution < 1.29 is 9.90 Å². The van der Waals surface area contributed by atoms with Gasteiger partial charge >= 0.3 is 0 Å². The topological polar surface area (TPSA) is 91.2 Å². The van der Waals surface area contributed by atoms with Gasteiger partial charge in [0.05, 0.1) is 11.9 Å². The lowest BCUT2D eigenvalue weighted by atomic mass is 10.1. The quantitative estimate of drug-likeness (QED) is 0.741. The minimum atomic E-state index is -0.249. The first-order valence-corrected chi connectivity index (χ1v) is 8.78. The van der Waals surface area contributed by atoms with Crippen LogP contribution >= 0.6 is 0 Å². The van der Waals surface area contributed by atoms with E-state index in [1.165, 1.54) is 18.3 Å². The molecule has 3 aromatic rings. The number of benzene rings is 1. The van der Waals surface area contributed by atoms with Crippen LogP contribution < -0.4 is 10.2 Å². The zero-order chi connectivity index (χ0) is 18.6. The maximum Gasteiger partial charge on any atom is 0.270 e. The number of pyridine rings is 1. The molecule has 1 amide bonds. The fraction of sp³-hybridized carbons (Fsp3) is 0.200. The normalized spacial score (nSPS) is 16.3. The first kappa shape index (κ1) is 17.0. The second-order valence-electron chi connectivity index (χ2n) is 6.41. The number of hydrogen-bond donors (Lipinski definition) is 2. The van der Waals surface area contributed by atoms with Crippen LogP contribution in [0.15, 0.2) is 60.9 Å². The van der Waals surface area contributed by atoms with Crippen molar-refractivity contribution in [3.05, 3.63) is 66.6 Å². The Balaban J connectivity index is 1.42. The molecule has 7 nitrogen and oxygen atoms in total. The number of carbonyl (C=O) groups excluding carboxylic acids is 1. The Morgan fingerprint density at radius 3 is 2.74 bits per heavy atom. The molecule has 1 fully saturated rings. The van der Waals surface area contributed by atoms with Gasteiger partial charge in [0.25, 0.3) is 5.91 Å². The van der Waals surface area contributed by atoms with Gasteiger partial charge in [0.1, 0.15) is 11.4 Å². The Kier molecular flexibility index (Phi) is 4.65. The van der Waals surface area contributed by atoms with E-state index in [2.05, 4.69) is 25.2 Å². The Hall–Kier alpha value is -3.48. The van der Waals surface area contributed by atoms with E-state index in [-0.39, 0.29) is 23.4 Å². The van der Waals surface area contributed by atoms with Crippen molar-refractivity contribution in [2.24, 2.45) is 0 Å². The monoisotopic (exact) mass is 361 g/mol. The number of carbonyl (C=O) groups is 1. The summed E-state index contributed by atoms with van der Waals surface area (Å²) in [5.41, 5.74) is 2.21. The lowest BCUT2D eigenvalue weighted by Crippen LogP contribution is -2.37. The van der Waals surface area contributed by atoms with Gasteiger partial charge in [-0.15, -0.1) is 0 Å². The van der Waals surface area contributed by atoms with Crippen LogP contribution in [0.1, 0.15) is 16.9 Å². The van der Waals surface area contributed by atoms with Crippen LogP contribution in [0.25, 0.3) is 11.3 Å². The smallest absolute Gasteiger partial charge is 0.270 e. The molecule has 1 saturated heterocycles. The van der Waals surface area contributed by atoms with E-state index in [4.69, 9.17) is 0 Å². The van der Waals surface area contributed by atoms with Gasteiger partial charge in [-0.25, -0.2) is 15.0 Å². The number of anilines is 1. The third-order valence-electron chi connectivity index (χ3n) is 4.50. The molecule has 27 heavy (non-hydrogen) atoms. The highest BCUT2D eigenvalue weighted by Gasteiger charge is 2.26. The van der Waals surface area contributed by atoms with Gasteiger partial charge in [0, 0.05) is 30.9 Å². The molecule has 1 aliphatic rings. The fourth-order valence-electron chi connectivity index (χ4n) is 3.11. The summed E-state index contributed by atoms with van der Waals surface area (Å²) < 4.78 is 0. The summed E-state index contributed by atoms with van der Waals surface area (Å²) in [6, 6.07) is 14.8. The van der Waals surface area contributed by atoms with Crippen molar-refractivity contribution in [3.63, 3.8) is 0 Å². The molecule has 3 heterocycles. The fourth-order valence-corrected chi connectivity index (χ4v) is 3.11. The summed E-state index contributed by atoms with van der Waals surface area (Å²) in [4.78, 5) is 27.4. The van der Waals surface area contributed by atoms with Gasteiger partial charge in [-0.05, 0) is 24.6 Å². The predicted octanol–water partition coefficient (Wildman–Crippen LogP) is 2.25. The minimum absolute atomic E-state index is 0.00270. The molecule has 1 aliphatic heterocycles. The zero-order valence-electron chi connectivity index (χ0n) is 14.6. The van der Waals surface area contributed by atoms with Crippen LogP contribution in [0.2, 0.25) is 0 Å². The zero-order valence-corrected chi connectivity index (χ0v) is 14.6. The van der Waals surface area contributed by atoms with Crippen molar-refractivity contribution >= 4 is 11.9 Å². The van der Waals surface area contributed by atoms with E-state index in [0.29, 0.717) is 12.5 Å². The molecule has 0 bridgehead atoms. The lowest BCUT2D eigenvalue weighted by Gasteiger charge is -2.17. The Labute approximate surface area is 156 Å². The summed E-state index contributed by atoms with van der Waals surface area (Å²) in [6.45, 7) is 1.41. The molecule has 0 spiro atoms. The van der Waals surface area contributed by atoms with Crippen LogP contribution in [0.3, 0.4) is 0 Å². The number of rotatable bonds is 4. The molecule has 1 atom stereocenters. The predicted molar refractivity (Wildman–Crippen MR) is 101 cm³/mol. The van der Waals surface area contributed by atoms with E-state index >= 15 is 0 Å². The summed E-state index contributed by atoms with van der Waals surface area (Å²) in [5, 5.41) is 12.3. The Morgan fingerprint density at radius 1 is 1.11 bits per heavy atom. The average molecular weight is 361 g/mol. The highest BCUT2D eigenvalue weighted by atomic mass is 16.3. The number of nitrogens with one attached hydrogen (secondary N) is 1. The molecule has 1 unspecified atom stereocenters. The van der Waals surface area contributed by atoms with Crippen molar-refractivity contribution in [2.75, 3.05) is 18.0 Å². The molecular weight excluding hydrogens is 342 g/mol. The van der Waals surface area contributed by atoms with E-state index in [0.717, 1.165) is 24.2 Å². The minimum Gasteiger partial charge on any atom is -0.506 e. The van der Waals surface area contributed by atoms with E-state index in [1.807, 2.05) is 36.4 Å². The third-order valence-corrected chi connectivity index (χ3v) is 4.50. The van der Waals surface area contributed by atoms with E-state index in [9.17, 15) is 9.90 Å². The average Bonchev–Trinajstić information content (AvgIpc) is 3.18. The molecule has 4 rings (SSSR count).